The van der Waals surface area contributed by atoms with Gasteiger partial charge in [0.05, 0.1) is 11.8 Å². The van der Waals surface area contributed by atoms with Gasteiger partial charge in [-0.25, -0.2) is 14.3 Å². The molecule has 20 heavy (non-hydrogen) atoms. The average Bonchev–Trinajstić information content (AvgIpc) is 2.77. The van der Waals surface area contributed by atoms with Crippen LogP contribution in [0.2, 0.25) is 0 Å². The van der Waals surface area contributed by atoms with E-state index in [2.05, 4.69) is 10.2 Å². The van der Waals surface area contributed by atoms with Gasteiger partial charge in [0.1, 0.15) is 5.82 Å². The summed E-state index contributed by atoms with van der Waals surface area (Å²) in [7, 11) is 0. The number of halogens is 1. The van der Waals surface area contributed by atoms with Crippen molar-refractivity contribution in [1.82, 2.24) is 14.8 Å². The Morgan fingerprint density at radius 2 is 2.25 bits per heavy atom. The standard InChI is InChI=1S/C12H12FN3O3S/c1-7(8-4-2-3-5-9(8)13)16-11(19)14-15-12(16)20-6-10(17)18/h2-5,7H,6H2,1H3,(H,14,19)(H,17,18). The third-order valence-electron chi connectivity index (χ3n) is 2.74. The molecule has 2 rings (SSSR count). The van der Waals surface area contributed by atoms with Gasteiger partial charge >= 0.3 is 11.7 Å². The highest BCUT2D eigenvalue weighted by atomic mass is 32.2. The topological polar surface area (TPSA) is 88.0 Å². The van der Waals surface area contributed by atoms with Gasteiger partial charge in [0, 0.05) is 5.56 Å². The van der Waals surface area contributed by atoms with E-state index in [0.29, 0.717) is 5.56 Å². The lowest BCUT2D eigenvalue weighted by atomic mass is 10.1. The van der Waals surface area contributed by atoms with Crippen molar-refractivity contribution in [3.05, 3.63) is 46.1 Å². The average molecular weight is 297 g/mol. The molecule has 0 aliphatic rings. The minimum Gasteiger partial charge on any atom is -0.481 e. The maximum Gasteiger partial charge on any atom is 0.344 e. The smallest absolute Gasteiger partial charge is 0.344 e. The zero-order chi connectivity index (χ0) is 14.7. The second-order valence-electron chi connectivity index (χ2n) is 4.06. The fraction of sp³-hybridized carbons (Fsp3) is 0.250. The van der Waals surface area contributed by atoms with E-state index >= 15 is 0 Å². The van der Waals surface area contributed by atoms with Gasteiger partial charge in [0.2, 0.25) is 0 Å². The number of carboxylic acid groups (broad SMARTS) is 1. The van der Waals surface area contributed by atoms with Crippen LogP contribution < -0.4 is 5.69 Å². The predicted molar refractivity (Wildman–Crippen MR) is 71.4 cm³/mol. The Hall–Kier alpha value is -2.09. The second kappa shape index (κ2) is 5.91. The van der Waals surface area contributed by atoms with Crippen molar-refractivity contribution in [2.24, 2.45) is 0 Å². The molecule has 1 heterocycles. The van der Waals surface area contributed by atoms with Crippen LogP contribution >= 0.6 is 11.8 Å². The molecule has 0 bridgehead atoms. The molecule has 1 unspecified atom stereocenters. The summed E-state index contributed by atoms with van der Waals surface area (Å²) in [4.78, 5) is 22.4. The van der Waals surface area contributed by atoms with Crippen LogP contribution in [-0.2, 0) is 4.79 Å². The van der Waals surface area contributed by atoms with Crippen LogP contribution in [0.3, 0.4) is 0 Å². The van der Waals surface area contributed by atoms with Crippen LogP contribution in [0, 0.1) is 5.82 Å². The summed E-state index contributed by atoms with van der Waals surface area (Å²) < 4.78 is 15.0. The number of nitrogens with zero attached hydrogens (tertiary/aromatic N) is 2. The fourth-order valence-electron chi connectivity index (χ4n) is 1.81. The first-order chi connectivity index (χ1) is 9.50. The minimum atomic E-state index is -1.02. The van der Waals surface area contributed by atoms with Gasteiger partial charge in [0.15, 0.2) is 5.16 Å². The first kappa shape index (κ1) is 14.3. The van der Waals surface area contributed by atoms with Gasteiger partial charge in [0.25, 0.3) is 0 Å². The molecule has 0 fully saturated rings. The molecule has 0 saturated carbocycles. The van der Waals surface area contributed by atoms with Crippen LogP contribution in [0.15, 0.2) is 34.2 Å². The van der Waals surface area contributed by atoms with E-state index in [0.717, 1.165) is 11.8 Å². The molecule has 0 saturated heterocycles. The number of aromatic amines is 1. The highest BCUT2D eigenvalue weighted by Gasteiger charge is 2.19. The molecule has 0 spiro atoms. The largest absolute Gasteiger partial charge is 0.481 e. The van der Waals surface area contributed by atoms with E-state index < -0.39 is 23.5 Å². The Bertz CT molecular complexity index is 683. The first-order valence-corrected chi connectivity index (χ1v) is 6.75. The Kier molecular flexibility index (Phi) is 4.23. The first-order valence-electron chi connectivity index (χ1n) is 5.76. The lowest BCUT2D eigenvalue weighted by molar-refractivity contribution is -0.133. The number of carboxylic acids is 1. The van der Waals surface area contributed by atoms with Crippen molar-refractivity contribution in [3.63, 3.8) is 0 Å². The molecule has 1 aromatic heterocycles. The lowest BCUT2D eigenvalue weighted by Crippen LogP contribution is -2.23. The number of aliphatic carboxylic acids is 1. The Balaban J connectivity index is 2.37. The maximum absolute atomic E-state index is 13.8. The summed E-state index contributed by atoms with van der Waals surface area (Å²) in [5.74, 6) is -1.67. The van der Waals surface area contributed by atoms with Gasteiger partial charge < -0.3 is 5.11 Å². The third-order valence-corrected chi connectivity index (χ3v) is 3.68. The Labute approximate surface area is 117 Å². The number of nitrogens with one attached hydrogen (secondary N) is 1. The number of thioether (sulfide) groups is 1. The normalized spacial score (nSPS) is 12.3. The zero-order valence-electron chi connectivity index (χ0n) is 10.5. The summed E-state index contributed by atoms with van der Waals surface area (Å²) in [6, 6.07) is 5.53. The van der Waals surface area contributed by atoms with Crippen molar-refractivity contribution in [1.29, 1.82) is 0 Å². The van der Waals surface area contributed by atoms with Crippen LogP contribution in [-0.4, -0.2) is 31.6 Å². The molecule has 2 N–H and O–H groups in total. The molecule has 0 amide bonds. The molecule has 6 nitrogen and oxygen atoms in total. The van der Waals surface area contributed by atoms with Crippen LogP contribution in [0.25, 0.3) is 0 Å². The molecule has 0 aliphatic heterocycles. The number of carbonyl (C=O) groups is 1. The van der Waals surface area contributed by atoms with Crippen molar-refractivity contribution in [2.45, 2.75) is 18.1 Å². The Morgan fingerprint density at radius 1 is 1.55 bits per heavy atom. The maximum atomic E-state index is 13.8. The van der Waals surface area contributed by atoms with Crippen molar-refractivity contribution in [3.8, 4) is 0 Å². The third kappa shape index (κ3) is 2.90. The van der Waals surface area contributed by atoms with Crippen LogP contribution in [0.5, 0.6) is 0 Å². The molecule has 1 atom stereocenters. The van der Waals surface area contributed by atoms with Gasteiger partial charge in [-0.15, -0.1) is 5.10 Å². The molecule has 106 valence electrons. The minimum absolute atomic E-state index is 0.216. The quantitative estimate of drug-likeness (QED) is 0.816. The van der Waals surface area contributed by atoms with Crippen molar-refractivity contribution < 1.29 is 14.3 Å². The van der Waals surface area contributed by atoms with Crippen LogP contribution in [0.1, 0.15) is 18.5 Å². The molecule has 0 aliphatic carbocycles. The summed E-state index contributed by atoms with van der Waals surface area (Å²) >= 11 is 0.903. The summed E-state index contributed by atoms with van der Waals surface area (Å²) in [6.45, 7) is 1.65. The molecule has 0 radical (unpaired) electrons. The molecule has 2 aromatic rings. The predicted octanol–water partition coefficient (Wildman–Crippen LogP) is 1.50. The van der Waals surface area contributed by atoms with Crippen molar-refractivity contribution >= 4 is 17.7 Å². The number of benzene rings is 1. The van der Waals surface area contributed by atoms with Gasteiger partial charge in [-0.2, -0.15) is 0 Å². The number of hydrogen-bond acceptors (Lipinski definition) is 4. The summed E-state index contributed by atoms with van der Waals surface area (Å²) in [5, 5.41) is 14.9. The Morgan fingerprint density at radius 3 is 2.90 bits per heavy atom. The molecular weight excluding hydrogens is 285 g/mol. The number of rotatable bonds is 5. The molecular formula is C12H12FN3O3S. The number of hydrogen-bond donors (Lipinski definition) is 2. The summed E-state index contributed by atoms with van der Waals surface area (Å²) in [5.41, 5.74) is -0.165. The molecule has 8 heteroatoms. The van der Waals surface area contributed by atoms with Gasteiger partial charge in [-0.1, -0.05) is 30.0 Å². The highest BCUT2D eigenvalue weighted by molar-refractivity contribution is 7.99. The monoisotopic (exact) mass is 297 g/mol. The lowest BCUT2D eigenvalue weighted by Gasteiger charge is -2.15. The van der Waals surface area contributed by atoms with Gasteiger partial charge in [-0.3, -0.25) is 9.36 Å². The van der Waals surface area contributed by atoms with E-state index in [1.165, 1.54) is 10.6 Å². The van der Waals surface area contributed by atoms with Crippen LogP contribution in [0.4, 0.5) is 4.39 Å². The summed E-state index contributed by atoms with van der Waals surface area (Å²) in [6.07, 6.45) is 0. The van der Waals surface area contributed by atoms with Gasteiger partial charge in [-0.05, 0) is 13.0 Å². The van der Waals surface area contributed by atoms with E-state index in [-0.39, 0.29) is 10.9 Å². The SMILES string of the molecule is CC(c1ccccc1F)n1c(SCC(=O)O)n[nH]c1=O. The van der Waals surface area contributed by atoms with E-state index in [4.69, 9.17) is 5.11 Å². The van der Waals surface area contributed by atoms with E-state index in [9.17, 15) is 14.0 Å². The number of H-pyrrole nitrogens is 1. The van der Waals surface area contributed by atoms with E-state index in [1.54, 1.807) is 25.1 Å². The fourth-order valence-corrected chi connectivity index (χ4v) is 2.56. The number of aromatic nitrogens is 3. The zero-order valence-corrected chi connectivity index (χ0v) is 11.4. The molecule has 1 aromatic carbocycles. The highest BCUT2D eigenvalue weighted by Crippen LogP contribution is 2.24. The van der Waals surface area contributed by atoms with E-state index in [1.807, 2.05) is 0 Å². The second-order valence-corrected chi connectivity index (χ2v) is 5.00. The van der Waals surface area contributed by atoms with Crippen molar-refractivity contribution in [2.75, 3.05) is 5.75 Å².